The van der Waals surface area contributed by atoms with Crippen LogP contribution in [0.2, 0.25) is 5.02 Å². The number of nitrogens with two attached hydrogens (primary N) is 2. The van der Waals surface area contributed by atoms with Gasteiger partial charge in [0.15, 0.2) is 0 Å². The average molecular weight is 445 g/mol. The van der Waals surface area contributed by atoms with E-state index in [0.29, 0.717) is 22.7 Å². The predicted octanol–water partition coefficient (Wildman–Crippen LogP) is 3.58. The van der Waals surface area contributed by atoms with Crippen LogP contribution in [0.4, 0.5) is 0 Å². The number of carbonyl (C=O) groups is 1. The monoisotopic (exact) mass is 444 g/mol. The summed E-state index contributed by atoms with van der Waals surface area (Å²) < 4.78 is 0. The number of hydrogen-bond donors (Lipinski definition) is 3. The normalized spacial score (nSPS) is 16.0. The average Bonchev–Trinajstić information content (AvgIpc) is 3.26. The van der Waals surface area contributed by atoms with E-state index in [1.54, 1.807) is 18.2 Å². The molecule has 7 nitrogen and oxygen atoms in total. The number of amides is 1. The lowest BCUT2D eigenvalue weighted by atomic mass is 9.91. The van der Waals surface area contributed by atoms with Crippen LogP contribution < -0.4 is 11.5 Å². The largest absolute Gasteiger partial charge is 0.384 e. The molecule has 1 amide bonds. The summed E-state index contributed by atoms with van der Waals surface area (Å²) in [6.07, 6.45) is 0. The van der Waals surface area contributed by atoms with Gasteiger partial charge in [-0.2, -0.15) is 10.1 Å². The quantitative estimate of drug-likeness (QED) is 0.420. The summed E-state index contributed by atoms with van der Waals surface area (Å²) >= 11 is 6.05. The first-order valence-electron chi connectivity index (χ1n) is 9.92. The molecule has 0 radical (unpaired) electrons. The first kappa shape index (κ1) is 21.3. The summed E-state index contributed by atoms with van der Waals surface area (Å²) in [5.74, 6) is -0.716. The van der Waals surface area contributed by atoms with Gasteiger partial charge >= 0.3 is 0 Å². The van der Waals surface area contributed by atoms with Crippen molar-refractivity contribution in [3.63, 3.8) is 0 Å². The van der Waals surface area contributed by atoms with Gasteiger partial charge in [0.2, 0.25) is 5.96 Å². The maximum absolute atomic E-state index is 12.7. The molecular weight excluding hydrogens is 424 g/mol. The topological polar surface area (TPSA) is 121 Å². The van der Waals surface area contributed by atoms with Crippen molar-refractivity contribution >= 4 is 35.0 Å². The molecule has 0 aliphatic carbocycles. The fourth-order valence-electron chi connectivity index (χ4n) is 3.52. The van der Waals surface area contributed by atoms with Crippen LogP contribution in [0, 0.1) is 5.41 Å². The second kappa shape index (κ2) is 9.03. The molecule has 160 valence electrons. The number of amidine groups is 1. The molecule has 8 heteroatoms. The minimum absolute atomic E-state index is 0.00637. The van der Waals surface area contributed by atoms with E-state index in [1.165, 1.54) is 11.1 Å². The smallest absolute Gasteiger partial charge is 0.280 e. The number of halogens is 1. The number of aliphatic imine (C=N–C) groups is 1. The third-order valence-electron chi connectivity index (χ3n) is 5.16. The van der Waals surface area contributed by atoms with Gasteiger partial charge in [0, 0.05) is 22.1 Å². The third kappa shape index (κ3) is 4.53. The standard InChI is InChI=1S/C24H21ClN6O/c25-19-11-9-16(10-12-19)21-20(15-5-2-1-3-6-15)14-31(30-21)24(28)29-23(32)18-8-4-7-17(13-18)22(26)27/h1-13,20H,14H2,(H3,26,27)(H2,28,29,32). The number of benzene rings is 3. The Morgan fingerprint density at radius 3 is 2.38 bits per heavy atom. The molecule has 1 aliphatic heterocycles. The molecule has 0 saturated carbocycles. The Bertz CT molecular complexity index is 1220. The van der Waals surface area contributed by atoms with Crippen LogP contribution in [-0.2, 0) is 0 Å². The fraction of sp³-hybridized carbons (Fsp3) is 0.0833. The van der Waals surface area contributed by atoms with Crippen molar-refractivity contribution in [3.8, 4) is 0 Å². The maximum atomic E-state index is 12.7. The van der Waals surface area contributed by atoms with Gasteiger partial charge in [-0.1, -0.05) is 66.2 Å². The van der Waals surface area contributed by atoms with Crippen molar-refractivity contribution in [3.05, 3.63) is 106 Å². The second-order valence-corrected chi connectivity index (χ2v) is 7.74. The molecule has 4 rings (SSSR count). The number of rotatable bonds is 4. The van der Waals surface area contributed by atoms with E-state index < -0.39 is 5.91 Å². The zero-order valence-electron chi connectivity index (χ0n) is 17.1. The molecule has 0 spiro atoms. The highest BCUT2D eigenvalue weighted by molar-refractivity contribution is 6.30. The molecule has 0 aromatic heterocycles. The van der Waals surface area contributed by atoms with Gasteiger partial charge in [-0.15, -0.1) is 0 Å². The number of hydrogen-bond acceptors (Lipinski definition) is 3. The summed E-state index contributed by atoms with van der Waals surface area (Å²) in [5.41, 5.74) is 15.2. The van der Waals surface area contributed by atoms with Crippen molar-refractivity contribution in [2.24, 2.45) is 21.6 Å². The third-order valence-corrected chi connectivity index (χ3v) is 5.41. The van der Waals surface area contributed by atoms with Crippen molar-refractivity contribution in [1.82, 2.24) is 5.01 Å². The van der Waals surface area contributed by atoms with Gasteiger partial charge in [-0.25, -0.2) is 5.01 Å². The number of nitrogen functional groups attached to an aromatic ring is 1. The van der Waals surface area contributed by atoms with Gasteiger partial charge in [0.05, 0.1) is 12.3 Å². The van der Waals surface area contributed by atoms with E-state index in [0.717, 1.165) is 16.8 Å². The Labute approximate surface area is 190 Å². The van der Waals surface area contributed by atoms with Crippen molar-refractivity contribution in [1.29, 1.82) is 5.41 Å². The minimum Gasteiger partial charge on any atom is -0.384 e. The predicted molar refractivity (Wildman–Crippen MR) is 127 cm³/mol. The lowest BCUT2D eigenvalue weighted by molar-refractivity contribution is 0.100. The lowest BCUT2D eigenvalue weighted by Gasteiger charge is -2.15. The molecule has 0 bridgehead atoms. The van der Waals surface area contributed by atoms with Gasteiger partial charge in [-0.3, -0.25) is 10.2 Å². The Hall–Kier alpha value is -3.97. The highest BCUT2D eigenvalue weighted by atomic mass is 35.5. The van der Waals surface area contributed by atoms with E-state index in [9.17, 15) is 4.79 Å². The second-order valence-electron chi connectivity index (χ2n) is 7.31. The Morgan fingerprint density at radius 2 is 1.69 bits per heavy atom. The summed E-state index contributed by atoms with van der Waals surface area (Å²) in [7, 11) is 0. The lowest BCUT2D eigenvalue weighted by Crippen LogP contribution is -2.33. The van der Waals surface area contributed by atoms with Crippen LogP contribution in [0.5, 0.6) is 0 Å². The molecule has 32 heavy (non-hydrogen) atoms. The van der Waals surface area contributed by atoms with Crippen molar-refractivity contribution in [2.45, 2.75) is 5.92 Å². The van der Waals surface area contributed by atoms with E-state index in [4.69, 9.17) is 28.5 Å². The highest BCUT2D eigenvalue weighted by Gasteiger charge is 2.31. The van der Waals surface area contributed by atoms with Crippen LogP contribution >= 0.6 is 11.6 Å². The molecular formula is C24H21ClN6O. The molecule has 1 atom stereocenters. The summed E-state index contributed by atoms with van der Waals surface area (Å²) in [6.45, 7) is 0.443. The molecule has 0 fully saturated rings. The summed E-state index contributed by atoms with van der Waals surface area (Å²) in [4.78, 5) is 16.7. The van der Waals surface area contributed by atoms with Crippen LogP contribution in [0.15, 0.2) is 89.0 Å². The minimum atomic E-state index is -0.531. The highest BCUT2D eigenvalue weighted by Crippen LogP contribution is 2.29. The molecule has 3 aromatic rings. The molecule has 0 saturated heterocycles. The first-order valence-corrected chi connectivity index (χ1v) is 10.3. The zero-order valence-corrected chi connectivity index (χ0v) is 17.8. The Morgan fingerprint density at radius 1 is 1.00 bits per heavy atom. The number of nitrogens with one attached hydrogen (secondary N) is 1. The van der Waals surface area contributed by atoms with Gasteiger partial charge in [0.25, 0.3) is 5.91 Å². The van der Waals surface area contributed by atoms with Crippen LogP contribution in [0.3, 0.4) is 0 Å². The Kier molecular flexibility index (Phi) is 6.00. The Balaban J connectivity index is 1.65. The summed E-state index contributed by atoms with van der Waals surface area (Å²) in [5, 5.41) is 14.4. The van der Waals surface area contributed by atoms with E-state index in [-0.39, 0.29) is 17.7 Å². The van der Waals surface area contributed by atoms with Gasteiger partial charge in [-0.05, 0) is 35.4 Å². The van der Waals surface area contributed by atoms with Gasteiger partial charge in [0.1, 0.15) is 5.84 Å². The first-order chi connectivity index (χ1) is 15.4. The number of guanidine groups is 1. The molecule has 1 unspecified atom stereocenters. The summed E-state index contributed by atoms with van der Waals surface area (Å²) in [6, 6.07) is 23.8. The van der Waals surface area contributed by atoms with Gasteiger partial charge < -0.3 is 11.5 Å². The van der Waals surface area contributed by atoms with Crippen LogP contribution in [0.25, 0.3) is 0 Å². The van der Waals surface area contributed by atoms with Crippen molar-refractivity contribution < 1.29 is 4.79 Å². The molecule has 1 aliphatic rings. The van der Waals surface area contributed by atoms with E-state index in [2.05, 4.69) is 10.1 Å². The van der Waals surface area contributed by atoms with Crippen LogP contribution in [0.1, 0.15) is 33.0 Å². The van der Waals surface area contributed by atoms with Crippen LogP contribution in [-0.4, -0.2) is 35.0 Å². The molecule has 1 heterocycles. The molecule has 5 N–H and O–H groups in total. The van der Waals surface area contributed by atoms with E-state index >= 15 is 0 Å². The number of nitrogens with zero attached hydrogens (tertiary/aromatic N) is 3. The molecule has 3 aromatic carbocycles. The fourth-order valence-corrected chi connectivity index (χ4v) is 3.64. The maximum Gasteiger partial charge on any atom is 0.280 e. The van der Waals surface area contributed by atoms with Crippen molar-refractivity contribution in [2.75, 3.05) is 6.54 Å². The van der Waals surface area contributed by atoms with E-state index in [1.807, 2.05) is 54.6 Å². The zero-order chi connectivity index (χ0) is 22.7. The SMILES string of the molecule is N=C(N)c1cccc(C(=O)N=C(N)N2CC(c3ccccc3)C(c3ccc(Cl)cc3)=N2)c1. The number of carbonyl (C=O) groups excluding carboxylic acids is 1. The number of hydrazone groups is 1.